The average molecular weight is 415 g/mol. The highest BCUT2D eigenvalue weighted by molar-refractivity contribution is 6.09. The van der Waals surface area contributed by atoms with Crippen LogP contribution in [0, 0.1) is 6.92 Å². The van der Waals surface area contributed by atoms with Crippen LogP contribution in [-0.4, -0.2) is 29.0 Å². The Morgan fingerprint density at radius 3 is 2.55 bits per heavy atom. The predicted molar refractivity (Wildman–Crippen MR) is 120 cm³/mol. The molecule has 0 aliphatic carbocycles. The first-order valence-corrected chi connectivity index (χ1v) is 9.55. The Morgan fingerprint density at radius 2 is 1.84 bits per heavy atom. The number of amides is 3. The Balaban J connectivity index is 1.57. The molecule has 2 heterocycles. The molecule has 0 spiro atoms. The number of nitrogens with one attached hydrogen (secondary N) is 3. The van der Waals surface area contributed by atoms with Crippen LogP contribution in [0.1, 0.15) is 16.1 Å². The number of ether oxygens (including phenoxy) is 1. The lowest BCUT2D eigenvalue weighted by atomic mass is 10.0. The van der Waals surface area contributed by atoms with Crippen molar-refractivity contribution in [3.05, 3.63) is 72.2 Å². The van der Waals surface area contributed by atoms with Crippen molar-refractivity contribution < 1.29 is 14.3 Å². The molecule has 0 bridgehead atoms. The summed E-state index contributed by atoms with van der Waals surface area (Å²) in [5.74, 6) is 0.0174. The minimum absolute atomic E-state index is 0.313. The number of primary amides is 1. The van der Waals surface area contributed by atoms with E-state index in [1.807, 2.05) is 37.3 Å². The number of carbonyl (C=O) groups is 2. The molecule has 31 heavy (non-hydrogen) atoms. The quantitative estimate of drug-likeness (QED) is 0.388. The Kier molecular flexibility index (Phi) is 5.28. The van der Waals surface area contributed by atoms with E-state index in [1.165, 1.54) is 0 Å². The van der Waals surface area contributed by atoms with E-state index in [4.69, 9.17) is 10.5 Å². The lowest BCUT2D eigenvalue weighted by Crippen LogP contribution is -2.19. The fraction of sp³-hybridized carbons (Fsp3) is 0.0870. The molecule has 2 aromatic heterocycles. The number of H-pyrrole nitrogens is 1. The Hall–Kier alpha value is -4.33. The van der Waals surface area contributed by atoms with Crippen LogP contribution in [0.4, 0.5) is 16.2 Å². The van der Waals surface area contributed by atoms with Crippen molar-refractivity contribution in [2.75, 3.05) is 17.7 Å². The molecule has 0 aliphatic heterocycles. The highest BCUT2D eigenvalue weighted by atomic mass is 16.5. The Labute approximate surface area is 178 Å². The van der Waals surface area contributed by atoms with Gasteiger partial charge >= 0.3 is 6.03 Å². The third kappa shape index (κ3) is 4.04. The lowest BCUT2D eigenvalue weighted by Gasteiger charge is -2.12. The van der Waals surface area contributed by atoms with Gasteiger partial charge in [0.25, 0.3) is 5.91 Å². The maximum Gasteiger partial charge on any atom is 0.323 e. The summed E-state index contributed by atoms with van der Waals surface area (Å²) < 4.78 is 5.29. The molecule has 2 aromatic carbocycles. The van der Waals surface area contributed by atoms with Crippen LogP contribution >= 0.6 is 0 Å². The van der Waals surface area contributed by atoms with Crippen LogP contribution in [-0.2, 0) is 0 Å². The summed E-state index contributed by atoms with van der Waals surface area (Å²) in [5.41, 5.74) is 10.2. The summed E-state index contributed by atoms with van der Waals surface area (Å²) in [6.45, 7) is 1.93. The third-order valence-electron chi connectivity index (χ3n) is 4.88. The first-order valence-electron chi connectivity index (χ1n) is 9.55. The Bertz CT molecular complexity index is 1280. The molecule has 4 rings (SSSR count). The number of anilines is 2. The monoisotopic (exact) mass is 415 g/mol. The van der Waals surface area contributed by atoms with Gasteiger partial charge < -0.3 is 26.1 Å². The highest BCUT2D eigenvalue weighted by Gasteiger charge is 2.17. The van der Waals surface area contributed by atoms with Crippen LogP contribution in [0.25, 0.3) is 22.0 Å². The molecule has 5 N–H and O–H groups in total. The van der Waals surface area contributed by atoms with Crippen LogP contribution in [0.15, 0.2) is 60.9 Å². The van der Waals surface area contributed by atoms with E-state index >= 15 is 0 Å². The van der Waals surface area contributed by atoms with Crippen LogP contribution in [0.3, 0.4) is 0 Å². The second-order valence-electron chi connectivity index (χ2n) is 7.02. The summed E-state index contributed by atoms with van der Waals surface area (Å²) in [6.07, 6.45) is 3.30. The Morgan fingerprint density at radius 1 is 1.06 bits per heavy atom. The summed E-state index contributed by atoms with van der Waals surface area (Å²) >= 11 is 0. The fourth-order valence-electron chi connectivity index (χ4n) is 3.45. The van der Waals surface area contributed by atoms with Gasteiger partial charge in [-0.3, -0.25) is 9.78 Å². The van der Waals surface area contributed by atoms with Gasteiger partial charge in [0, 0.05) is 22.8 Å². The van der Waals surface area contributed by atoms with Crippen molar-refractivity contribution in [1.82, 2.24) is 9.97 Å². The summed E-state index contributed by atoms with van der Waals surface area (Å²) in [7, 11) is 1.55. The molecule has 0 unspecified atom stereocenters. The number of hydrogen-bond acceptors (Lipinski definition) is 4. The maximum atomic E-state index is 12.4. The fourth-order valence-corrected chi connectivity index (χ4v) is 3.45. The average Bonchev–Trinajstić information content (AvgIpc) is 3.14. The minimum Gasteiger partial charge on any atom is -0.495 e. The molecular formula is C23H21N5O3. The van der Waals surface area contributed by atoms with Crippen LogP contribution < -0.4 is 21.1 Å². The van der Waals surface area contributed by atoms with Crippen LogP contribution in [0.2, 0.25) is 0 Å². The van der Waals surface area contributed by atoms with Crippen molar-refractivity contribution in [1.29, 1.82) is 0 Å². The lowest BCUT2D eigenvalue weighted by molar-refractivity contribution is 0.0997. The van der Waals surface area contributed by atoms with E-state index in [0.29, 0.717) is 28.4 Å². The number of aromatic nitrogens is 2. The molecule has 0 saturated heterocycles. The topological polar surface area (TPSA) is 122 Å². The number of rotatable bonds is 5. The molecule has 8 heteroatoms. The number of carbonyl (C=O) groups excluding carboxylic acids is 2. The zero-order chi connectivity index (χ0) is 22.0. The molecule has 0 atom stereocenters. The van der Waals surface area contributed by atoms with Crippen molar-refractivity contribution in [2.45, 2.75) is 6.92 Å². The SMILES string of the molecule is COc1ccc(C)cc1NC(=O)Nc1ccc(-c2c(C(N)=O)[nH]c3cnccc23)cc1. The van der Waals surface area contributed by atoms with Gasteiger partial charge in [-0.1, -0.05) is 18.2 Å². The molecule has 4 aromatic rings. The van der Waals surface area contributed by atoms with Crippen molar-refractivity contribution in [3.8, 4) is 16.9 Å². The van der Waals surface area contributed by atoms with E-state index in [1.54, 1.807) is 37.7 Å². The summed E-state index contributed by atoms with van der Waals surface area (Å²) in [5, 5.41) is 6.43. The number of aryl methyl sites for hydroxylation is 1. The number of nitrogens with two attached hydrogens (primary N) is 1. The van der Waals surface area contributed by atoms with Gasteiger partial charge in [-0.25, -0.2) is 4.79 Å². The standard InChI is InChI=1S/C23H21N5O3/c1-13-3-8-19(31-2)17(11-13)28-23(30)26-15-6-4-14(5-7-15)20-16-9-10-25-12-18(16)27-21(20)22(24)29/h3-12,27H,1-2H3,(H2,24,29)(H2,26,28,30). The van der Waals surface area contributed by atoms with Crippen LogP contribution in [0.5, 0.6) is 5.75 Å². The van der Waals surface area contributed by atoms with E-state index in [-0.39, 0.29) is 0 Å². The maximum absolute atomic E-state index is 12.4. The summed E-state index contributed by atoms with van der Waals surface area (Å²) in [4.78, 5) is 31.5. The predicted octanol–water partition coefficient (Wildman–Crippen LogP) is 4.29. The summed E-state index contributed by atoms with van der Waals surface area (Å²) in [6, 6.07) is 14.1. The van der Waals surface area contributed by atoms with Crippen molar-refractivity contribution in [2.24, 2.45) is 5.73 Å². The first-order chi connectivity index (χ1) is 15.0. The normalized spacial score (nSPS) is 10.6. The molecule has 0 aliphatic rings. The van der Waals surface area contributed by atoms with Crippen molar-refractivity contribution in [3.63, 3.8) is 0 Å². The smallest absolute Gasteiger partial charge is 0.323 e. The number of fused-ring (bicyclic) bond motifs is 1. The third-order valence-corrected chi connectivity index (χ3v) is 4.88. The number of pyridine rings is 1. The van der Waals surface area contributed by atoms with Gasteiger partial charge in [0.15, 0.2) is 0 Å². The van der Waals surface area contributed by atoms with Gasteiger partial charge in [0.2, 0.25) is 0 Å². The van der Waals surface area contributed by atoms with Gasteiger partial charge in [-0.15, -0.1) is 0 Å². The number of nitrogens with zero attached hydrogens (tertiary/aromatic N) is 1. The first kappa shape index (κ1) is 20.0. The molecule has 0 radical (unpaired) electrons. The number of aromatic amines is 1. The van der Waals surface area contributed by atoms with Crippen molar-refractivity contribution >= 4 is 34.2 Å². The minimum atomic E-state index is -0.556. The number of hydrogen-bond donors (Lipinski definition) is 4. The van der Waals surface area contributed by atoms with Gasteiger partial charge in [0.05, 0.1) is 24.5 Å². The number of methoxy groups -OCH3 is 1. The molecule has 3 amide bonds. The second-order valence-corrected chi connectivity index (χ2v) is 7.02. The largest absolute Gasteiger partial charge is 0.495 e. The molecule has 8 nitrogen and oxygen atoms in total. The molecule has 0 saturated carbocycles. The number of urea groups is 1. The van der Waals surface area contributed by atoms with E-state index in [9.17, 15) is 9.59 Å². The highest BCUT2D eigenvalue weighted by Crippen LogP contribution is 2.32. The molecular weight excluding hydrogens is 394 g/mol. The zero-order valence-electron chi connectivity index (χ0n) is 17.0. The molecule has 0 fully saturated rings. The zero-order valence-corrected chi connectivity index (χ0v) is 17.0. The van der Waals surface area contributed by atoms with Gasteiger partial charge in [-0.2, -0.15) is 0 Å². The van der Waals surface area contributed by atoms with Gasteiger partial charge in [-0.05, 0) is 48.4 Å². The number of benzene rings is 2. The van der Waals surface area contributed by atoms with E-state index in [0.717, 1.165) is 22.0 Å². The van der Waals surface area contributed by atoms with E-state index in [2.05, 4.69) is 20.6 Å². The molecule has 156 valence electrons. The second kappa shape index (κ2) is 8.19. The van der Waals surface area contributed by atoms with E-state index < -0.39 is 11.9 Å². The van der Waals surface area contributed by atoms with Gasteiger partial charge in [0.1, 0.15) is 11.4 Å².